The summed E-state index contributed by atoms with van der Waals surface area (Å²) in [5, 5.41) is 12.6. The molecule has 88 valence electrons. The smallest absolute Gasteiger partial charge is 0.339 e. The summed E-state index contributed by atoms with van der Waals surface area (Å²) in [6.07, 6.45) is 0.177. The highest BCUT2D eigenvalue weighted by Gasteiger charge is 2.34. The molecule has 4 nitrogen and oxygen atoms in total. The molecule has 0 aromatic carbocycles. The minimum absolute atomic E-state index is 0.155. The maximum atomic E-state index is 12.8. The number of aromatic nitrogens is 2. The molecule has 0 amide bonds. The zero-order valence-corrected chi connectivity index (χ0v) is 8.73. The Bertz CT molecular complexity index is 413. The molecule has 0 saturated heterocycles. The number of carboxylic acids is 1. The molecule has 1 fully saturated rings. The Kier molecular flexibility index (Phi) is 2.65. The molecular weight excluding hydrogens is 218 g/mol. The molecule has 0 radical (unpaired) electrons. The zero-order valence-electron chi connectivity index (χ0n) is 8.73. The Balaban J connectivity index is 2.40. The average molecular weight is 230 g/mol. The van der Waals surface area contributed by atoms with Gasteiger partial charge in [-0.25, -0.2) is 13.6 Å². The van der Waals surface area contributed by atoms with Crippen molar-refractivity contribution in [3.8, 4) is 0 Å². The van der Waals surface area contributed by atoms with Crippen LogP contribution in [-0.4, -0.2) is 20.9 Å². The minimum atomic E-state index is -2.81. The Morgan fingerprint density at radius 1 is 1.62 bits per heavy atom. The first-order valence-corrected chi connectivity index (χ1v) is 5.11. The third-order valence-electron chi connectivity index (χ3n) is 2.96. The van der Waals surface area contributed by atoms with Gasteiger partial charge in [0.1, 0.15) is 11.3 Å². The van der Waals surface area contributed by atoms with E-state index in [4.69, 9.17) is 5.11 Å². The molecule has 6 heteroatoms. The van der Waals surface area contributed by atoms with E-state index in [0.29, 0.717) is 5.92 Å². The van der Waals surface area contributed by atoms with E-state index in [-0.39, 0.29) is 6.04 Å². The van der Waals surface area contributed by atoms with Crippen molar-refractivity contribution in [3.05, 3.63) is 17.5 Å². The fourth-order valence-corrected chi connectivity index (χ4v) is 1.86. The van der Waals surface area contributed by atoms with Crippen LogP contribution in [0.3, 0.4) is 0 Å². The normalized spacial score (nSPS) is 17.8. The molecule has 2 rings (SSSR count). The van der Waals surface area contributed by atoms with Gasteiger partial charge in [0.15, 0.2) is 0 Å². The number of halogens is 2. The fourth-order valence-electron chi connectivity index (χ4n) is 1.86. The Morgan fingerprint density at radius 3 is 2.69 bits per heavy atom. The van der Waals surface area contributed by atoms with Crippen LogP contribution in [-0.2, 0) is 0 Å². The van der Waals surface area contributed by atoms with Crippen LogP contribution >= 0.6 is 0 Å². The highest BCUT2D eigenvalue weighted by molar-refractivity contribution is 5.88. The standard InChI is InChI=1S/C10H12F2N2O2/c1-5(6-2-3-6)14-8(9(11)12)7(4-13-14)10(15)16/h4-6,9H,2-3H2,1H3,(H,15,16). The van der Waals surface area contributed by atoms with Gasteiger partial charge >= 0.3 is 5.97 Å². The van der Waals surface area contributed by atoms with E-state index in [1.807, 2.05) is 0 Å². The second-order valence-corrected chi connectivity index (χ2v) is 4.07. The van der Waals surface area contributed by atoms with Gasteiger partial charge in [0.2, 0.25) is 0 Å². The van der Waals surface area contributed by atoms with Gasteiger partial charge in [0, 0.05) is 0 Å². The quantitative estimate of drug-likeness (QED) is 0.864. The van der Waals surface area contributed by atoms with Crippen molar-refractivity contribution in [1.29, 1.82) is 0 Å². The summed E-state index contributed by atoms with van der Waals surface area (Å²) in [6, 6.07) is -0.155. The predicted molar refractivity (Wildman–Crippen MR) is 51.6 cm³/mol. The molecule has 1 saturated carbocycles. The monoisotopic (exact) mass is 230 g/mol. The molecule has 0 spiro atoms. The molecule has 0 bridgehead atoms. The van der Waals surface area contributed by atoms with Gasteiger partial charge in [-0.15, -0.1) is 0 Å². The van der Waals surface area contributed by atoms with Crippen molar-refractivity contribution >= 4 is 5.97 Å². The van der Waals surface area contributed by atoms with Crippen molar-refractivity contribution in [2.75, 3.05) is 0 Å². The lowest BCUT2D eigenvalue weighted by molar-refractivity contribution is 0.0681. The van der Waals surface area contributed by atoms with Gasteiger partial charge in [0.05, 0.1) is 12.2 Å². The van der Waals surface area contributed by atoms with Crippen molar-refractivity contribution in [3.63, 3.8) is 0 Å². The van der Waals surface area contributed by atoms with Crippen molar-refractivity contribution in [2.45, 2.75) is 32.2 Å². The zero-order chi connectivity index (χ0) is 11.9. The maximum Gasteiger partial charge on any atom is 0.339 e. The lowest BCUT2D eigenvalue weighted by Gasteiger charge is -2.14. The summed E-state index contributed by atoms with van der Waals surface area (Å²) >= 11 is 0. The van der Waals surface area contributed by atoms with Crippen LogP contribution < -0.4 is 0 Å². The van der Waals surface area contributed by atoms with Crippen LogP contribution in [0.5, 0.6) is 0 Å². The third kappa shape index (κ3) is 1.79. The van der Waals surface area contributed by atoms with Crippen LogP contribution in [0.25, 0.3) is 0 Å². The minimum Gasteiger partial charge on any atom is -0.478 e. The van der Waals surface area contributed by atoms with E-state index in [1.54, 1.807) is 6.92 Å². The number of nitrogens with zero attached hydrogens (tertiary/aromatic N) is 2. The topological polar surface area (TPSA) is 55.1 Å². The highest BCUT2D eigenvalue weighted by Crippen LogP contribution is 2.41. The summed E-state index contributed by atoms with van der Waals surface area (Å²) in [5.41, 5.74) is -0.880. The third-order valence-corrected chi connectivity index (χ3v) is 2.96. The molecular formula is C10H12F2N2O2. The Morgan fingerprint density at radius 2 is 2.25 bits per heavy atom. The number of hydrogen-bond acceptors (Lipinski definition) is 2. The van der Waals surface area contributed by atoms with Crippen LogP contribution in [0.2, 0.25) is 0 Å². The van der Waals surface area contributed by atoms with E-state index >= 15 is 0 Å². The molecule has 1 aliphatic rings. The van der Waals surface area contributed by atoms with Crippen LogP contribution in [0.15, 0.2) is 6.20 Å². The summed E-state index contributed by atoms with van der Waals surface area (Å²) < 4.78 is 26.8. The average Bonchev–Trinajstić information content (AvgIpc) is 2.94. The largest absolute Gasteiger partial charge is 0.478 e. The highest BCUT2D eigenvalue weighted by atomic mass is 19.3. The molecule has 0 aliphatic heterocycles. The van der Waals surface area contributed by atoms with E-state index in [9.17, 15) is 13.6 Å². The summed E-state index contributed by atoms with van der Waals surface area (Å²) in [7, 11) is 0. The molecule has 1 heterocycles. The molecule has 1 aliphatic carbocycles. The van der Waals surface area contributed by atoms with Crippen LogP contribution in [0.4, 0.5) is 8.78 Å². The SMILES string of the molecule is CC(C1CC1)n1ncc(C(=O)O)c1C(F)F. The number of hydrogen-bond donors (Lipinski definition) is 1. The number of aromatic carboxylic acids is 1. The first kappa shape index (κ1) is 11.0. The predicted octanol–water partition coefficient (Wildman–Crippen LogP) is 2.49. The second-order valence-electron chi connectivity index (χ2n) is 4.07. The molecule has 16 heavy (non-hydrogen) atoms. The number of alkyl halides is 2. The Hall–Kier alpha value is -1.46. The lowest BCUT2D eigenvalue weighted by atomic mass is 10.2. The van der Waals surface area contributed by atoms with Crippen molar-refractivity contribution in [1.82, 2.24) is 9.78 Å². The van der Waals surface area contributed by atoms with E-state index < -0.39 is 23.7 Å². The molecule has 1 atom stereocenters. The summed E-state index contributed by atoms with van der Waals surface area (Å²) in [6.45, 7) is 1.79. The summed E-state index contributed by atoms with van der Waals surface area (Å²) in [5.74, 6) is -1.01. The molecule has 1 aromatic heterocycles. The van der Waals surface area contributed by atoms with Gasteiger partial charge < -0.3 is 5.11 Å². The Labute approximate surface area is 90.9 Å². The second kappa shape index (κ2) is 3.84. The summed E-state index contributed by atoms with van der Waals surface area (Å²) in [4.78, 5) is 10.8. The van der Waals surface area contributed by atoms with Crippen LogP contribution in [0, 0.1) is 5.92 Å². The van der Waals surface area contributed by atoms with E-state index in [0.717, 1.165) is 23.7 Å². The first-order chi connectivity index (χ1) is 7.52. The van der Waals surface area contributed by atoms with E-state index in [2.05, 4.69) is 5.10 Å². The van der Waals surface area contributed by atoms with Crippen LogP contribution in [0.1, 0.15) is 48.3 Å². The maximum absolute atomic E-state index is 12.8. The first-order valence-electron chi connectivity index (χ1n) is 5.11. The van der Waals surface area contributed by atoms with Gasteiger partial charge in [-0.2, -0.15) is 5.10 Å². The molecule has 1 aromatic rings. The molecule has 1 N–H and O–H groups in total. The lowest BCUT2D eigenvalue weighted by Crippen LogP contribution is -2.14. The fraction of sp³-hybridized carbons (Fsp3) is 0.600. The number of carboxylic acid groups (broad SMARTS) is 1. The van der Waals surface area contributed by atoms with Gasteiger partial charge in [0.25, 0.3) is 6.43 Å². The van der Waals surface area contributed by atoms with Gasteiger partial charge in [-0.05, 0) is 25.7 Å². The van der Waals surface area contributed by atoms with E-state index in [1.165, 1.54) is 0 Å². The van der Waals surface area contributed by atoms with Crippen molar-refractivity contribution in [2.24, 2.45) is 5.92 Å². The van der Waals surface area contributed by atoms with Gasteiger partial charge in [-0.1, -0.05) is 0 Å². The number of carbonyl (C=O) groups is 1. The molecule has 1 unspecified atom stereocenters. The van der Waals surface area contributed by atoms with Crippen molar-refractivity contribution < 1.29 is 18.7 Å². The number of rotatable bonds is 4. The van der Waals surface area contributed by atoms with Gasteiger partial charge in [-0.3, -0.25) is 4.68 Å².